The minimum atomic E-state index is -0.974. The van der Waals surface area contributed by atoms with Gasteiger partial charge in [-0.1, -0.05) is 5.11 Å². The van der Waals surface area contributed by atoms with Crippen molar-refractivity contribution in [2.24, 2.45) is 5.11 Å². The maximum absolute atomic E-state index is 13.8. The third kappa shape index (κ3) is 3.35. The fourth-order valence-electron chi connectivity index (χ4n) is 1.91. The first-order chi connectivity index (χ1) is 10.6. The summed E-state index contributed by atoms with van der Waals surface area (Å²) in [6.45, 7) is -0.346. The molecule has 0 unspecified atom stereocenters. The van der Waals surface area contributed by atoms with Gasteiger partial charge in [-0.25, -0.2) is 13.6 Å². The Morgan fingerprint density at radius 1 is 1.50 bits per heavy atom. The van der Waals surface area contributed by atoms with Crippen molar-refractivity contribution in [3.05, 3.63) is 34.2 Å². The molecule has 1 aromatic rings. The quantitative estimate of drug-likeness (QED) is 0.349. The summed E-state index contributed by atoms with van der Waals surface area (Å²) in [5, 5.41) is 3.29. The topological polar surface area (TPSA) is 96.8 Å². The largest absolute Gasteiger partial charge is 0.461 e. The molecule has 10 heteroatoms. The Bertz CT molecular complexity index is 598. The van der Waals surface area contributed by atoms with Crippen LogP contribution in [0.3, 0.4) is 0 Å². The van der Waals surface area contributed by atoms with Crippen molar-refractivity contribution in [2.45, 2.75) is 6.10 Å². The maximum Gasteiger partial charge on any atom is 0.414 e. The van der Waals surface area contributed by atoms with E-state index in [1.807, 2.05) is 0 Å². The molecule has 0 radical (unpaired) electrons. The van der Waals surface area contributed by atoms with Gasteiger partial charge in [-0.3, -0.25) is 4.90 Å². The Morgan fingerprint density at radius 3 is 2.77 bits per heavy atom. The van der Waals surface area contributed by atoms with Gasteiger partial charge in [0, 0.05) is 24.2 Å². The van der Waals surface area contributed by atoms with E-state index in [1.54, 1.807) is 0 Å². The number of ether oxygens (including phenoxy) is 3. The summed E-state index contributed by atoms with van der Waals surface area (Å²) in [6.07, 6.45) is -1.44. The fraction of sp³-hybridized carbons (Fsp3) is 0.417. The van der Waals surface area contributed by atoms with Gasteiger partial charge < -0.3 is 14.2 Å². The second kappa shape index (κ2) is 6.92. The Balaban J connectivity index is 2.19. The van der Waals surface area contributed by atoms with Crippen LogP contribution in [0.15, 0.2) is 17.2 Å². The van der Waals surface area contributed by atoms with Crippen LogP contribution < -0.4 is 9.64 Å². The summed E-state index contributed by atoms with van der Waals surface area (Å²) in [6, 6.07) is 1.90. The molecule has 1 aromatic carbocycles. The van der Waals surface area contributed by atoms with Gasteiger partial charge in [-0.2, -0.15) is 0 Å². The predicted octanol–water partition coefficient (Wildman–Crippen LogP) is 2.58. The maximum atomic E-state index is 13.8. The molecule has 1 fully saturated rings. The fourth-order valence-corrected chi connectivity index (χ4v) is 1.91. The number of cyclic esters (lactones) is 1. The molecule has 118 valence electrons. The molecule has 2 rings (SSSR count). The Kier molecular flexibility index (Phi) is 4.97. The van der Waals surface area contributed by atoms with E-state index in [1.165, 1.54) is 7.11 Å². The van der Waals surface area contributed by atoms with E-state index in [4.69, 9.17) is 15.0 Å². The van der Waals surface area contributed by atoms with Gasteiger partial charge >= 0.3 is 6.09 Å². The van der Waals surface area contributed by atoms with Crippen molar-refractivity contribution in [3.63, 3.8) is 0 Å². The lowest BCUT2D eigenvalue weighted by atomic mass is 10.2. The zero-order valence-electron chi connectivity index (χ0n) is 11.5. The molecule has 0 N–H and O–H groups in total. The second-order valence-corrected chi connectivity index (χ2v) is 4.32. The summed E-state index contributed by atoms with van der Waals surface area (Å²) in [5.41, 5.74) is 8.21. The minimum absolute atomic E-state index is 0.0202. The van der Waals surface area contributed by atoms with Crippen molar-refractivity contribution in [1.29, 1.82) is 0 Å². The average molecular weight is 314 g/mol. The number of halogens is 2. The molecule has 0 spiro atoms. The SMILES string of the molecule is COCOc1c(F)cc(N2C[C@H](CN=[N+]=[N-])OC2=O)cc1F. The zero-order valence-corrected chi connectivity index (χ0v) is 11.5. The van der Waals surface area contributed by atoms with Gasteiger partial charge in [0.2, 0.25) is 0 Å². The van der Waals surface area contributed by atoms with Crippen LogP contribution in [-0.2, 0) is 9.47 Å². The molecule has 8 nitrogen and oxygen atoms in total. The van der Waals surface area contributed by atoms with Crippen LogP contribution in [0, 0.1) is 11.6 Å². The number of carbonyl (C=O) groups excluding carboxylic acids is 1. The summed E-state index contributed by atoms with van der Waals surface area (Å²) in [7, 11) is 1.31. The zero-order chi connectivity index (χ0) is 16.1. The first-order valence-corrected chi connectivity index (χ1v) is 6.16. The molecule has 1 aliphatic heterocycles. The van der Waals surface area contributed by atoms with Crippen LogP contribution in [-0.4, -0.2) is 39.2 Å². The van der Waals surface area contributed by atoms with Crippen molar-refractivity contribution in [3.8, 4) is 5.75 Å². The molecule has 0 bridgehead atoms. The highest BCUT2D eigenvalue weighted by atomic mass is 19.1. The molecule has 0 saturated carbocycles. The first kappa shape index (κ1) is 15.8. The highest BCUT2D eigenvalue weighted by molar-refractivity contribution is 5.89. The summed E-state index contributed by atoms with van der Waals surface area (Å²) >= 11 is 0. The molecule has 1 amide bonds. The van der Waals surface area contributed by atoms with E-state index < -0.39 is 29.6 Å². The van der Waals surface area contributed by atoms with Crippen molar-refractivity contribution in [1.82, 2.24) is 0 Å². The van der Waals surface area contributed by atoms with Crippen LogP contribution in [0.25, 0.3) is 10.4 Å². The first-order valence-electron chi connectivity index (χ1n) is 6.16. The molecule has 1 aliphatic rings. The number of azide groups is 1. The normalized spacial score (nSPS) is 17.1. The molecule has 0 aromatic heterocycles. The molecule has 1 atom stereocenters. The van der Waals surface area contributed by atoms with E-state index in [-0.39, 0.29) is 25.6 Å². The van der Waals surface area contributed by atoms with E-state index in [0.29, 0.717) is 0 Å². The van der Waals surface area contributed by atoms with E-state index in [9.17, 15) is 13.6 Å². The van der Waals surface area contributed by atoms with Crippen LogP contribution in [0.1, 0.15) is 0 Å². The smallest absolute Gasteiger partial charge is 0.414 e. The standard InChI is InChI=1S/C12H12F2N4O4/c1-20-6-21-11-9(13)2-7(3-10(11)14)18-5-8(4-16-17-15)22-12(18)19/h2-3,8H,4-6H2,1H3/t8-/m0/s1. The molecule has 0 aliphatic carbocycles. The van der Waals surface area contributed by atoms with Gasteiger partial charge in [-0.15, -0.1) is 0 Å². The Morgan fingerprint density at radius 2 is 2.18 bits per heavy atom. The predicted molar refractivity (Wildman–Crippen MR) is 70.5 cm³/mol. The highest BCUT2D eigenvalue weighted by Gasteiger charge is 2.33. The monoisotopic (exact) mass is 314 g/mol. The average Bonchev–Trinajstić information content (AvgIpc) is 2.85. The lowest BCUT2D eigenvalue weighted by molar-refractivity contribution is 0.0452. The van der Waals surface area contributed by atoms with Crippen molar-refractivity contribution >= 4 is 11.8 Å². The van der Waals surface area contributed by atoms with Crippen LogP contribution in [0.4, 0.5) is 19.3 Å². The lowest BCUT2D eigenvalue weighted by Gasteiger charge is -2.15. The van der Waals surface area contributed by atoms with E-state index >= 15 is 0 Å². The lowest BCUT2D eigenvalue weighted by Crippen LogP contribution is -2.25. The molecular formula is C12H12F2N4O4. The molecule has 22 heavy (non-hydrogen) atoms. The Labute approximate surface area is 123 Å². The number of anilines is 1. The van der Waals surface area contributed by atoms with Crippen LogP contribution in [0.2, 0.25) is 0 Å². The van der Waals surface area contributed by atoms with Gasteiger partial charge in [0.05, 0.1) is 18.8 Å². The third-order valence-corrected chi connectivity index (χ3v) is 2.84. The second-order valence-electron chi connectivity index (χ2n) is 4.32. The number of hydrogen-bond acceptors (Lipinski definition) is 5. The van der Waals surface area contributed by atoms with Gasteiger partial charge in [0.25, 0.3) is 0 Å². The molecule has 1 heterocycles. The summed E-state index contributed by atoms with van der Waals surface area (Å²) in [4.78, 5) is 15.3. The van der Waals surface area contributed by atoms with Crippen LogP contribution in [0.5, 0.6) is 5.75 Å². The number of nitrogens with zero attached hydrogens (tertiary/aromatic N) is 4. The molecule has 1 saturated heterocycles. The highest BCUT2D eigenvalue weighted by Crippen LogP contribution is 2.30. The van der Waals surface area contributed by atoms with E-state index in [0.717, 1.165) is 17.0 Å². The number of benzene rings is 1. The van der Waals surface area contributed by atoms with Crippen molar-refractivity contribution < 1.29 is 27.8 Å². The Hall–Kier alpha value is -2.58. The van der Waals surface area contributed by atoms with Gasteiger partial charge in [0.1, 0.15) is 6.10 Å². The van der Waals surface area contributed by atoms with Crippen molar-refractivity contribution in [2.75, 3.05) is 31.9 Å². The molecular weight excluding hydrogens is 302 g/mol. The minimum Gasteiger partial charge on any atom is -0.461 e. The summed E-state index contributed by atoms with van der Waals surface area (Å²) < 4.78 is 42.0. The van der Waals surface area contributed by atoms with E-state index in [2.05, 4.69) is 14.8 Å². The summed E-state index contributed by atoms with van der Waals surface area (Å²) in [5.74, 6) is -2.54. The number of methoxy groups -OCH3 is 1. The van der Waals surface area contributed by atoms with Gasteiger partial charge in [-0.05, 0) is 5.53 Å². The van der Waals surface area contributed by atoms with Gasteiger partial charge in [0.15, 0.2) is 24.2 Å². The number of carbonyl (C=O) groups is 1. The number of hydrogen-bond donors (Lipinski definition) is 0. The van der Waals surface area contributed by atoms with Crippen LogP contribution >= 0.6 is 0 Å². The number of amides is 1. The third-order valence-electron chi connectivity index (χ3n) is 2.84. The number of rotatable bonds is 6.